The molecule has 1 unspecified atom stereocenters. The summed E-state index contributed by atoms with van der Waals surface area (Å²) in [4.78, 5) is 21.6. The summed E-state index contributed by atoms with van der Waals surface area (Å²) in [6, 6.07) is 0.0905. The Hall–Kier alpha value is -1.40. The van der Waals surface area contributed by atoms with Crippen LogP contribution in [-0.4, -0.2) is 41.0 Å². The molecule has 2 heterocycles. The van der Waals surface area contributed by atoms with Gasteiger partial charge in [0.05, 0.1) is 11.6 Å². The van der Waals surface area contributed by atoms with Crippen LogP contribution in [0.2, 0.25) is 0 Å². The van der Waals surface area contributed by atoms with Gasteiger partial charge in [0.2, 0.25) is 0 Å². The minimum Gasteiger partial charge on any atom is -0.383 e. The monoisotopic (exact) mass is 265 g/mol. The van der Waals surface area contributed by atoms with Gasteiger partial charge in [-0.25, -0.2) is 4.98 Å². The smallest absolute Gasteiger partial charge is 0.256 e. The lowest BCUT2D eigenvalue weighted by Gasteiger charge is -2.32. The van der Waals surface area contributed by atoms with Gasteiger partial charge >= 0.3 is 0 Å². The molecule has 106 valence electrons. The van der Waals surface area contributed by atoms with Crippen LogP contribution >= 0.6 is 0 Å². The van der Waals surface area contributed by atoms with Crippen molar-refractivity contribution in [1.29, 1.82) is 0 Å². The minimum atomic E-state index is -0.0914. The topological polar surface area (TPSA) is 87.0 Å². The molecule has 0 aromatic carbocycles. The molecule has 6 nitrogen and oxygen atoms in total. The van der Waals surface area contributed by atoms with Gasteiger partial charge in [-0.2, -0.15) is 0 Å². The van der Waals surface area contributed by atoms with E-state index < -0.39 is 0 Å². The lowest BCUT2D eigenvalue weighted by atomic mass is 10.1. The number of hydrogen-bond donors (Lipinski definition) is 3. The van der Waals surface area contributed by atoms with Crippen molar-refractivity contribution in [1.82, 2.24) is 20.2 Å². The number of hydrogen-bond acceptors (Lipinski definition) is 5. The summed E-state index contributed by atoms with van der Waals surface area (Å²) in [7, 11) is 0. The Labute approximate surface area is 113 Å². The summed E-state index contributed by atoms with van der Waals surface area (Å²) < 4.78 is 0. The quantitative estimate of drug-likeness (QED) is 0.727. The lowest BCUT2D eigenvalue weighted by molar-refractivity contribution is 0.179. The molecule has 1 aliphatic heterocycles. The molecule has 1 atom stereocenters. The Morgan fingerprint density at radius 1 is 1.42 bits per heavy atom. The fraction of sp³-hybridized carbons (Fsp3) is 0.692. The van der Waals surface area contributed by atoms with Crippen molar-refractivity contribution in [2.75, 3.05) is 31.9 Å². The second-order valence-corrected chi connectivity index (χ2v) is 5.03. The molecule has 1 aliphatic rings. The first kappa shape index (κ1) is 14.0. The fourth-order valence-electron chi connectivity index (χ4n) is 2.47. The van der Waals surface area contributed by atoms with E-state index in [1.807, 2.05) is 6.92 Å². The lowest BCUT2D eigenvalue weighted by Crippen LogP contribution is -2.45. The molecule has 0 saturated carbocycles. The van der Waals surface area contributed by atoms with E-state index in [2.05, 4.69) is 27.1 Å². The maximum absolute atomic E-state index is 12.0. The van der Waals surface area contributed by atoms with Gasteiger partial charge in [-0.3, -0.25) is 9.69 Å². The zero-order valence-electron chi connectivity index (χ0n) is 11.7. The molecule has 0 bridgehead atoms. The summed E-state index contributed by atoms with van der Waals surface area (Å²) >= 11 is 0. The third-order valence-corrected chi connectivity index (χ3v) is 3.66. The molecule has 0 amide bonds. The third kappa shape index (κ3) is 3.13. The Morgan fingerprint density at radius 2 is 2.11 bits per heavy atom. The maximum Gasteiger partial charge on any atom is 0.256 e. The van der Waals surface area contributed by atoms with Crippen molar-refractivity contribution < 1.29 is 0 Å². The van der Waals surface area contributed by atoms with E-state index in [-0.39, 0.29) is 11.6 Å². The van der Waals surface area contributed by atoms with Crippen molar-refractivity contribution in [3.8, 4) is 0 Å². The van der Waals surface area contributed by atoms with Crippen molar-refractivity contribution in [3.05, 3.63) is 21.7 Å². The van der Waals surface area contributed by atoms with Crippen LogP contribution in [0.4, 0.5) is 5.82 Å². The summed E-state index contributed by atoms with van der Waals surface area (Å²) in [5, 5.41) is 3.31. The fourth-order valence-corrected chi connectivity index (χ4v) is 2.47. The molecule has 4 N–H and O–H groups in total. The van der Waals surface area contributed by atoms with Gasteiger partial charge in [-0.05, 0) is 13.3 Å². The number of H-pyrrole nitrogens is 1. The van der Waals surface area contributed by atoms with Crippen LogP contribution in [0.5, 0.6) is 0 Å². The van der Waals surface area contributed by atoms with Crippen LogP contribution in [0.25, 0.3) is 0 Å². The van der Waals surface area contributed by atoms with E-state index >= 15 is 0 Å². The van der Waals surface area contributed by atoms with Gasteiger partial charge in [0, 0.05) is 26.2 Å². The molecule has 6 heteroatoms. The van der Waals surface area contributed by atoms with Crippen LogP contribution in [0.1, 0.15) is 37.7 Å². The molecular weight excluding hydrogens is 242 g/mol. The number of aromatic amines is 1. The molecule has 0 radical (unpaired) electrons. The maximum atomic E-state index is 12.0. The zero-order valence-corrected chi connectivity index (χ0v) is 11.7. The molecule has 1 saturated heterocycles. The highest BCUT2D eigenvalue weighted by atomic mass is 16.1. The van der Waals surface area contributed by atoms with Gasteiger partial charge < -0.3 is 16.0 Å². The van der Waals surface area contributed by atoms with E-state index in [9.17, 15) is 4.79 Å². The highest BCUT2D eigenvalue weighted by molar-refractivity contribution is 5.37. The largest absolute Gasteiger partial charge is 0.383 e. The molecule has 0 spiro atoms. The number of nitrogens with zero attached hydrogens (tertiary/aromatic N) is 2. The molecule has 2 rings (SSSR count). The highest BCUT2D eigenvalue weighted by Crippen LogP contribution is 2.17. The molecular formula is C13H23N5O. The number of anilines is 1. The second-order valence-electron chi connectivity index (χ2n) is 5.03. The van der Waals surface area contributed by atoms with Crippen LogP contribution in [0, 0.1) is 0 Å². The summed E-state index contributed by atoms with van der Waals surface area (Å²) in [6.07, 6.45) is 1.57. The van der Waals surface area contributed by atoms with Crippen LogP contribution in [0.15, 0.2) is 4.79 Å². The van der Waals surface area contributed by atoms with Crippen LogP contribution in [0.3, 0.4) is 0 Å². The number of nitrogen functional groups attached to an aromatic ring is 1. The first-order chi connectivity index (χ1) is 9.13. The Morgan fingerprint density at radius 3 is 2.68 bits per heavy atom. The first-order valence-electron chi connectivity index (χ1n) is 6.96. The average Bonchev–Trinajstić information content (AvgIpc) is 2.43. The highest BCUT2D eigenvalue weighted by Gasteiger charge is 2.21. The van der Waals surface area contributed by atoms with Gasteiger partial charge in [0.1, 0.15) is 11.6 Å². The Kier molecular flexibility index (Phi) is 4.55. The van der Waals surface area contributed by atoms with Crippen LogP contribution in [-0.2, 0) is 6.42 Å². The SMILES string of the molecule is CCCc1c(N)nc(C(C)N2CCNCC2)[nH]c1=O. The van der Waals surface area contributed by atoms with Crippen molar-refractivity contribution in [2.24, 2.45) is 0 Å². The number of nitrogens with two attached hydrogens (primary N) is 1. The summed E-state index contributed by atoms with van der Waals surface area (Å²) in [5.74, 6) is 1.05. The minimum absolute atomic E-state index is 0.0905. The molecule has 1 aromatic heterocycles. The van der Waals surface area contributed by atoms with Crippen molar-refractivity contribution in [2.45, 2.75) is 32.7 Å². The predicted octanol–water partition coefficient (Wildman–Crippen LogP) is 0.271. The number of piperazine rings is 1. The Balaban J connectivity index is 2.22. The van der Waals surface area contributed by atoms with E-state index in [0.29, 0.717) is 23.6 Å². The van der Waals surface area contributed by atoms with Gasteiger partial charge in [0.15, 0.2) is 0 Å². The number of rotatable bonds is 4. The first-order valence-corrected chi connectivity index (χ1v) is 6.96. The van der Waals surface area contributed by atoms with E-state index in [1.54, 1.807) is 0 Å². The zero-order chi connectivity index (χ0) is 13.8. The standard InChI is InChI=1S/C13H23N5O/c1-3-4-10-11(14)16-12(17-13(10)19)9(2)18-7-5-15-6-8-18/h9,15H,3-8H2,1-2H3,(H3,14,16,17,19). The normalized spacial score (nSPS) is 18.4. The number of aromatic nitrogens is 2. The third-order valence-electron chi connectivity index (χ3n) is 3.66. The number of nitrogens with one attached hydrogen (secondary N) is 2. The molecule has 1 aromatic rings. The van der Waals surface area contributed by atoms with Crippen molar-refractivity contribution in [3.63, 3.8) is 0 Å². The van der Waals surface area contributed by atoms with Gasteiger partial charge in [0.25, 0.3) is 5.56 Å². The molecule has 19 heavy (non-hydrogen) atoms. The summed E-state index contributed by atoms with van der Waals surface area (Å²) in [5.41, 5.74) is 6.43. The van der Waals surface area contributed by atoms with Crippen LogP contribution < -0.4 is 16.6 Å². The van der Waals surface area contributed by atoms with E-state index in [4.69, 9.17) is 5.73 Å². The van der Waals surface area contributed by atoms with Gasteiger partial charge in [-0.1, -0.05) is 13.3 Å². The molecule has 0 aliphatic carbocycles. The summed E-state index contributed by atoms with van der Waals surface area (Å²) in [6.45, 7) is 7.94. The van der Waals surface area contributed by atoms with E-state index in [0.717, 1.165) is 32.6 Å². The average molecular weight is 265 g/mol. The van der Waals surface area contributed by atoms with Gasteiger partial charge in [-0.15, -0.1) is 0 Å². The predicted molar refractivity (Wildman–Crippen MR) is 76.1 cm³/mol. The second kappa shape index (κ2) is 6.16. The van der Waals surface area contributed by atoms with E-state index in [1.165, 1.54) is 0 Å². The van der Waals surface area contributed by atoms with Crippen molar-refractivity contribution >= 4 is 5.82 Å². The Bertz CT molecular complexity index is 478. The molecule has 1 fully saturated rings.